The van der Waals surface area contributed by atoms with Crippen molar-refractivity contribution < 1.29 is 9.90 Å². The van der Waals surface area contributed by atoms with Crippen LogP contribution in [0.2, 0.25) is 0 Å². The highest BCUT2D eigenvalue weighted by molar-refractivity contribution is 9.10. The summed E-state index contributed by atoms with van der Waals surface area (Å²) >= 11 is 3.59. The number of halogens is 1. The lowest BCUT2D eigenvalue weighted by Gasteiger charge is -2.12. The van der Waals surface area contributed by atoms with Gasteiger partial charge in [0.15, 0.2) is 0 Å². The van der Waals surface area contributed by atoms with Gasteiger partial charge in [0.2, 0.25) is 0 Å². The Morgan fingerprint density at radius 3 is 2.67 bits per heavy atom. The van der Waals surface area contributed by atoms with Crippen molar-refractivity contribution in [3.8, 4) is 0 Å². The van der Waals surface area contributed by atoms with Crippen LogP contribution in [-0.2, 0) is 11.2 Å². The van der Waals surface area contributed by atoms with Crippen molar-refractivity contribution in [1.29, 1.82) is 0 Å². The highest BCUT2D eigenvalue weighted by Crippen LogP contribution is 2.26. The molecule has 1 aromatic carbocycles. The predicted molar refractivity (Wildman–Crippen MR) is 78.0 cm³/mol. The van der Waals surface area contributed by atoms with E-state index in [0.29, 0.717) is 0 Å². The molecule has 0 saturated carbocycles. The second kappa shape index (κ2) is 7.57. The second-order valence-corrected chi connectivity index (χ2v) is 5.66. The number of benzene rings is 1. The molecule has 1 aromatic rings. The summed E-state index contributed by atoms with van der Waals surface area (Å²) in [7, 11) is 0. The molecule has 0 radical (unpaired) electrons. The summed E-state index contributed by atoms with van der Waals surface area (Å²) in [6.07, 6.45) is 4.96. The summed E-state index contributed by atoms with van der Waals surface area (Å²) in [6, 6.07) is 6.24. The molecule has 100 valence electrons. The first-order valence-corrected chi connectivity index (χ1v) is 7.34. The SMILES string of the molecule is CCCCCc1ccc([C@H](C)CC(=O)O)cc1Br. The van der Waals surface area contributed by atoms with Crippen LogP contribution in [-0.4, -0.2) is 11.1 Å². The molecule has 3 heteroatoms. The Morgan fingerprint density at radius 1 is 1.39 bits per heavy atom. The maximum Gasteiger partial charge on any atom is 0.303 e. The molecule has 0 fully saturated rings. The van der Waals surface area contributed by atoms with Crippen molar-refractivity contribution in [2.24, 2.45) is 0 Å². The summed E-state index contributed by atoms with van der Waals surface area (Å²) in [5.74, 6) is -0.686. The molecule has 0 saturated heterocycles. The van der Waals surface area contributed by atoms with Crippen LogP contribution in [0.5, 0.6) is 0 Å². The lowest BCUT2D eigenvalue weighted by atomic mass is 9.96. The molecule has 18 heavy (non-hydrogen) atoms. The van der Waals surface area contributed by atoms with E-state index in [0.717, 1.165) is 16.5 Å². The Labute approximate surface area is 118 Å². The van der Waals surface area contributed by atoms with Crippen molar-refractivity contribution >= 4 is 21.9 Å². The standard InChI is InChI=1S/C15H21BrO2/c1-3-4-5-6-12-7-8-13(10-14(12)16)11(2)9-15(17)18/h7-8,10-11H,3-6,9H2,1-2H3,(H,17,18)/t11-/m1/s1. The summed E-state index contributed by atoms with van der Waals surface area (Å²) in [5, 5.41) is 8.80. The van der Waals surface area contributed by atoms with E-state index < -0.39 is 5.97 Å². The molecule has 0 amide bonds. The summed E-state index contributed by atoms with van der Waals surface area (Å²) in [5.41, 5.74) is 2.40. The Morgan fingerprint density at radius 2 is 2.11 bits per heavy atom. The lowest BCUT2D eigenvalue weighted by molar-refractivity contribution is -0.137. The minimum Gasteiger partial charge on any atom is -0.481 e. The number of rotatable bonds is 7. The molecule has 0 aliphatic carbocycles. The zero-order chi connectivity index (χ0) is 13.5. The Kier molecular flexibility index (Phi) is 6.41. The third-order valence-electron chi connectivity index (χ3n) is 3.18. The zero-order valence-corrected chi connectivity index (χ0v) is 12.7. The van der Waals surface area contributed by atoms with Crippen LogP contribution in [0.15, 0.2) is 22.7 Å². The Bertz CT molecular complexity index is 401. The topological polar surface area (TPSA) is 37.3 Å². The van der Waals surface area contributed by atoms with E-state index in [4.69, 9.17) is 5.11 Å². The van der Waals surface area contributed by atoms with Crippen molar-refractivity contribution in [2.75, 3.05) is 0 Å². The van der Waals surface area contributed by atoms with E-state index in [2.05, 4.69) is 41.1 Å². The van der Waals surface area contributed by atoms with E-state index in [9.17, 15) is 4.79 Å². The van der Waals surface area contributed by atoms with Gasteiger partial charge >= 0.3 is 5.97 Å². The van der Waals surface area contributed by atoms with Gasteiger partial charge in [-0.3, -0.25) is 4.79 Å². The fourth-order valence-corrected chi connectivity index (χ4v) is 2.61. The van der Waals surface area contributed by atoms with Crippen molar-refractivity contribution in [2.45, 2.75) is 51.9 Å². The Hall–Kier alpha value is -0.830. The van der Waals surface area contributed by atoms with Crippen LogP contribution < -0.4 is 0 Å². The minimum atomic E-state index is -0.745. The highest BCUT2D eigenvalue weighted by atomic mass is 79.9. The summed E-state index contributed by atoms with van der Waals surface area (Å²) in [4.78, 5) is 10.7. The number of carboxylic acid groups (broad SMARTS) is 1. The molecule has 0 unspecified atom stereocenters. The van der Waals surface area contributed by atoms with Crippen LogP contribution in [0, 0.1) is 0 Å². The van der Waals surface area contributed by atoms with Gasteiger partial charge in [0, 0.05) is 4.47 Å². The van der Waals surface area contributed by atoms with Gasteiger partial charge in [-0.15, -0.1) is 0 Å². The average Bonchev–Trinajstić information content (AvgIpc) is 2.30. The maximum atomic E-state index is 10.7. The first-order valence-electron chi connectivity index (χ1n) is 6.54. The molecule has 0 aliphatic rings. The van der Waals surface area contributed by atoms with Gasteiger partial charge in [0.25, 0.3) is 0 Å². The predicted octanol–water partition coefficient (Wildman–Crippen LogP) is 4.76. The van der Waals surface area contributed by atoms with Crippen LogP contribution in [0.1, 0.15) is 56.6 Å². The van der Waals surface area contributed by atoms with E-state index in [1.807, 2.05) is 6.92 Å². The summed E-state index contributed by atoms with van der Waals surface area (Å²) < 4.78 is 1.10. The smallest absolute Gasteiger partial charge is 0.303 e. The zero-order valence-electron chi connectivity index (χ0n) is 11.1. The number of unbranched alkanes of at least 4 members (excludes halogenated alkanes) is 2. The monoisotopic (exact) mass is 312 g/mol. The number of aliphatic carboxylic acids is 1. The van der Waals surface area contributed by atoms with Crippen molar-refractivity contribution in [1.82, 2.24) is 0 Å². The number of carboxylic acids is 1. The van der Waals surface area contributed by atoms with Crippen LogP contribution in [0.4, 0.5) is 0 Å². The third kappa shape index (κ3) is 4.81. The van der Waals surface area contributed by atoms with E-state index in [1.165, 1.54) is 24.8 Å². The number of hydrogen-bond acceptors (Lipinski definition) is 1. The van der Waals surface area contributed by atoms with Gasteiger partial charge in [-0.25, -0.2) is 0 Å². The Balaban J connectivity index is 2.69. The molecule has 0 heterocycles. The number of carbonyl (C=O) groups is 1. The van der Waals surface area contributed by atoms with E-state index in [-0.39, 0.29) is 12.3 Å². The number of hydrogen-bond donors (Lipinski definition) is 1. The largest absolute Gasteiger partial charge is 0.481 e. The fourth-order valence-electron chi connectivity index (χ4n) is 2.02. The van der Waals surface area contributed by atoms with E-state index in [1.54, 1.807) is 0 Å². The van der Waals surface area contributed by atoms with Crippen molar-refractivity contribution in [3.63, 3.8) is 0 Å². The first-order chi connectivity index (χ1) is 8.54. The molecule has 1 N–H and O–H groups in total. The van der Waals surface area contributed by atoms with Crippen LogP contribution in [0.3, 0.4) is 0 Å². The normalized spacial score (nSPS) is 12.4. The highest BCUT2D eigenvalue weighted by Gasteiger charge is 2.11. The number of aryl methyl sites for hydroxylation is 1. The molecule has 0 bridgehead atoms. The van der Waals surface area contributed by atoms with Gasteiger partial charge in [0.1, 0.15) is 0 Å². The molecule has 1 rings (SSSR count). The van der Waals surface area contributed by atoms with Gasteiger partial charge in [-0.05, 0) is 36.0 Å². The molecule has 0 aliphatic heterocycles. The minimum absolute atomic E-state index is 0.0588. The van der Waals surface area contributed by atoms with Gasteiger partial charge in [-0.1, -0.05) is 54.8 Å². The molecule has 0 spiro atoms. The second-order valence-electron chi connectivity index (χ2n) is 4.81. The summed E-state index contributed by atoms with van der Waals surface area (Å²) in [6.45, 7) is 4.15. The average molecular weight is 313 g/mol. The van der Waals surface area contributed by atoms with Crippen LogP contribution >= 0.6 is 15.9 Å². The third-order valence-corrected chi connectivity index (χ3v) is 3.91. The molecular formula is C15H21BrO2. The van der Waals surface area contributed by atoms with Gasteiger partial charge < -0.3 is 5.11 Å². The molecule has 2 nitrogen and oxygen atoms in total. The van der Waals surface area contributed by atoms with E-state index >= 15 is 0 Å². The quantitative estimate of drug-likeness (QED) is 0.737. The molecular weight excluding hydrogens is 292 g/mol. The fraction of sp³-hybridized carbons (Fsp3) is 0.533. The first kappa shape index (κ1) is 15.2. The van der Waals surface area contributed by atoms with Gasteiger partial charge in [-0.2, -0.15) is 0 Å². The van der Waals surface area contributed by atoms with Crippen molar-refractivity contribution in [3.05, 3.63) is 33.8 Å². The molecule has 0 aromatic heterocycles. The molecule has 1 atom stereocenters. The van der Waals surface area contributed by atoms with Gasteiger partial charge in [0.05, 0.1) is 6.42 Å². The lowest BCUT2D eigenvalue weighted by Crippen LogP contribution is -2.03. The maximum absolute atomic E-state index is 10.7. The van der Waals surface area contributed by atoms with Crippen LogP contribution in [0.25, 0.3) is 0 Å².